The molecule has 0 bridgehead atoms. The summed E-state index contributed by atoms with van der Waals surface area (Å²) < 4.78 is 6.82. The van der Waals surface area contributed by atoms with Gasteiger partial charge in [-0.15, -0.1) is 17.5 Å². The van der Waals surface area contributed by atoms with Crippen molar-refractivity contribution in [2.45, 2.75) is 25.8 Å². The van der Waals surface area contributed by atoms with E-state index < -0.39 is 0 Å². The van der Waals surface area contributed by atoms with Gasteiger partial charge in [0.25, 0.3) is 5.91 Å². The van der Waals surface area contributed by atoms with Crippen LogP contribution in [-0.4, -0.2) is 52.0 Å². The minimum absolute atomic E-state index is 0. The van der Waals surface area contributed by atoms with Crippen LogP contribution in [0, 0.1) is 6.92 Å². The quantitative estimate of drug-likeness (QED) is 0.903. The second kappa shape index (κ2) is 7.63. The SMILES string of the molecule is COc1ccc(-n2nnc(C(=O)N3CCCC3CN)c2C)cc1.Cl. The van der Waals surface area contributed by atoms with E-state index in [1.165, 1.54) is 0 Å². The number of amides is 1. The molecule has 1 unspecified atom stereocenters. The number of carbonyl (C=O) groups excluding carboxylic acids is 1. The molecule has 1 saturated heterocycles. The van der Waals surface area contributed by atoms with Crippen molar-refractivity contribution in [3.8, 4) is 11.4 Å². The second-order valence-corrected chi connectivity index (χ2v) is 5.66. The first-order chi connectivity index (χ1) is 11.2. The Bertz CT molecular complexity index is 701. The Kier molecular flexibility index (Phi) is 5.80. The van der Waals surface area contributed by atoms with Crippen LogP contribution >= 0.6 is 12.4 Å². The number of ether oxygens (including phenoxy) is 1. The minimum Gasteiger partial charge on any atom is -0.497 e. The molecule has 8 heteroatoms. The first-order valence-electron chi connectivity index (χ1n) is 7.73. The van der Waals surface area contributed by atoms with Crippen molar-refractivity contribution in [3.05, 3.63) is 35.7 Å². The van der Waals surface area contributed by atoms with Crippen LogP contribution < -0.4 is 10.5 Å². The molecule has 0 radical (unpaired) electrons. The van der Waals surface area contributed by atoms with E-state index in [0.29, 0.717) is 12.2 Å². The van der Waals surface area contributed by atoms with Gasteiger partial charge in [0, 0.05) is 19.1 Å². The largest absolute Gasteiger partial charge is 0.497 e. The number of carbonyl (C=O) groups is 1. The standard InChI is InChI=1S/C16H21N5O2.ClH/c1-11-15(16(22)20-9-3-4-13(20)10-17)18-19-21(11)12-5-7-14(23-2)8-6-12;/h5-8,13H,3-4,9-10,17H2,1-2H3;1H. The molecule has 2 heterocycles. The fourth-order valence-electron chi connectivity index (χ4n) is 2.98. The Morgan fingerprint density at radius 1 is 1.38 bits per heavy atom. The summed E-state index contributed by atoms with van der Waals surface area (Å²) in [6.45, 7) is 3.07. The van der Waals surface area contributed by atoms with Gasteiger partial charge in [-0.3, -0.25) is 4.79 Å². The highest BCUT2D eigenvalue weighted by molar-refractivity contribution is 5.93. The first-order valence-corrected chi connectivity index (χ1v) is 7.73. The van der Waals surface area contributed by atoms with Crippen molar-refractivity contribution >= 4 is 18.3 Å². The fourth-order valence-corrected chi connectivity index (χ4v) is 2.98. The van der Waals surface area contributed by atoms with E-state index in [2.05, 4.69) is 10.3 Å². The van der Waals surface area contributed by atoms with E-state index in [0.717, 1.165) is 36.5 Å². The summed E-state index contributed by atoms with van der Waals surface area (Å²) in [5.41, 5.74) is 7.71. The molecule has 24 heavy (non-hydrogen) atoms. The topological polar surface area (TPSA) is 86.3 Å². The van der Waals surface area contributed by atoms with Crippen LogP contribution in [0.1, 0.15) is 29.0 Å². The maximum absolute atomic E-state index is 12.7. The molecule has 130 valence electrons. The summed E-state index contributed by atoms with van der Waals surface area (Å²) in [5.74, 6) is 0.681. The number of rotatable bonds is 4. The van der Waals surface area contributed by atoms with Crippen LogP contribution in [0.4, 0.5) is 0 Å². The minimum atomic E-state index is -0.0878. The van der Waals surface area contributed by atoms with E-state index in [9.17, 15) is 4.79 Å². The molecular formula is C16H22ClN5O2. The number of halogens is 1. The zero-order valence-corrected chi connectivity index (χ0v) is 14.6. The summed E-state index contributed by atoms with van der Waals surface area (Å²) >= 11 is 0. The zero-order valence-electron chi connectivity index (χ0n) is 13.8. The van der Waals surface area contributed by atoms with E-state index in [1.807, 2.05) is 36.1 Å². The normalized spacial score (nSPS) is 16.8. The third-order valence-corrected chi connectivity index (χ3v) is 4.32. The molecule has 1 atom stereocenters. The summed E-state index contributed by atoms with van der Waals surface area (Å²) in [4.78, 5) is 14.5. The van der Waals surface area contributed by atoms with Crippen LogP contribution in [0.15, 0.2) is 24.3 Å². The molecular weight excluding hydrogens is 330 g/mol. The third-order valence-electron chi connectivity index (χ3n) is 4.32. The van der Waals surface area contributed by atoms with Gasteiger partial charge in [0.05, 0.1) is 18.5 Å². The number of aromatic nitrogens is 3. The molecule has 7 nitrogen and oxygen atoms in total. The summed E-state index contributed by atoms with van der Waals surface area (Å²) in [6.07, 6.45) is 1.94. The third kappa shape index (κ3) is 3.22. The smallest absolute Gasteiger partial charge is 0.276 e. The number of hydrogen-bond acceptors (Lipinski definition) is 5. The predicted octanol–water partition coefficient (Wildman–Crippen LogP) is 1.57. The number of benzene rings is 1. The van der Waals surface area contributed by atoms with Crippen molar-refractivity contribution in [1.29, 1.82) is 0 Å². The maximum atomic E-state index is 12.7. The van der Waals surface area contributed by atoms with Gasteiger partial charge in [0.1, 0.15) is 5.75 Å². The van der Waals surface area contributed by atoms with E-state index in [-0.39, 0.29) is 24.4 Å². The van der Waals surface area contributed by atoms with Crippen LogP contribution in [0.25, 0.3) is 5.69 Å². The van der Waals surface area contributed by atoms with Crippen LogP contribution in [0.3, 0.4) is 0 Å². The highest BCUT2D eigenvalue weighted by Gasteiger charge is 2.31. The van der Waals surface area contributed by atoms with E-state index in [4.69, 9.17) is 10.5 Å². The number of likely N-dealkylation sites (tertiary alicyclic amines) is 1. The molecule has 0 saturated carbocycles. The highest BCUT2D eigenvalue weighted by Crippen LogP contribution is 2.21. The Balaban J connectivity index is 0.00000208. The van der Waals surface area contributed by atoms with Crippen molar-refractivity contribution in [2.24, 2.45) is 5.73 Å². The van der Waals surface area contributed by atoms with Crippen molar-refractivity contribution in [3.63, 3.8) is 0 Å². The van der Waals surface area contributed by atoms with Gasteiger partial charge in [-0.05, 0) is 44.0 Å². The molecule has 2 aromatic rings. The first kappa shape index (κ1) is 18.2. The molecule has 1 aromatic carbocycles. The lowest BCUT2D eigenvalue weighted by Gasteiger charge is -2.22. The van der Waals surface area contributed by atoms with Gasteiger partial charge in [-0.25, -0.2) is 4.68 Å². The lowest BCUT2D eigenvalue weighted by atomic mass is 10.2. The summed E-state index contributed by atoms with van der Waals surface area (Å²) in [6, 6.07) is 7.57. The number of hydrogen-bond donors (Lipinski definition) is 1. The van der Waals surface area contributed by atoms with Gasteiger partial charge in [-0.1, -0.05) is 5.21 Å². The molecule has 1 aliphatic rings. The Hall–Kier alpha value is -2.12. The number of nitrogens with two attached hydrogens (primary N) is 1. The van der Waals surface area contributed by atoms with Gasteiger partial charge in [-0.2, -0.15) is 0 Å². The highest BCUT2D eigenvalue weighted by atomic mass is 35.5. The van der Waals surface area contributed by atoms with Gasteiger partial charge >= 0.3 is 0 Å². The van der Waals surface area contributed by atoms with Crippen LogP contribution in [0.2, 0.25) is 0 Å². The lowest BCUT2D eigenvalue weighted by Crippen LogP contribution is -2.40. The molecule has 1 fully saturated rings. The van der Waals surface area contributed by atoms with E-state index in [1.54, 1.807) is 11.8 Å². The van der Waals surface area contributed by atoms with Crippen molar-refractivity contribution in [1.82, 2.24) is 19.9 Å². The van der Waals surface area contributed by atoms with Crippen LogP contribution in [0.5, 0.6) is 5.75 Å². The predicted molar refractivity (Wildman–Crippen MR) is 93.0 cm³/mol. The average molecular weight is 352 g/mol. The lowest BCUT2D eigenvalue weighted by molar-refractivity contribution is 0.0734. The summed E-state index contributed by atoms with van der Waals surface area (Å²) in [5, 5.41) is 8.23. The molecule has 1 aliphatic heterocycles. The number of nitrogens with zero attached hydrogens (tertiary/aromatic N) is 4. The fraction of sp³-hybridized carbons (Fsp3) is 0.438. The van der Waals surface area contributed by atoms with Gasteiger partial charge in [0.15, 0.2) is 5.69 Å². The Morgan fingerprint density at radius 2 is 2.08 bits per heavy atom. The van der Waals surface area contributed by atoms with Gasteiger partial charge < -0.3 is 15.4 Å². The molecule has 0 spiro atoms. The zero-order chi connectivity index (χ0) is 16.4. The molecule has 3 rings (SSSR count). The van der Waals surface area contributed by atoms with Gasteiger partial charge in [0.2, 0.25) is 0 Å². The Labute approximate surface area is 147 Å². The maximum Gasteiger partial charge on any atom is 0.276 e. The monoisotopic (exact) mass is 351 g/mol. The Morgan fingerprint density at radius 3 is 2.71 bits per heavy atom. The summed E-state index contributed by atoms with van der Waals surface area (Å²) in [7, 11) is 1.62. The average Bonchev–Trinajstić information content (AvgIpc) is 3.21. The molecule has 1 aromatic heterocycles. The van der Waals surface area contributed by atoms with E-state index >= 15 is 0 Å². The molecule has 1 amide bonds. The second-order valence-electron chi connectivity index (χ2n) is 5.66. The van der Waals surface area contributed by atoms with Crippen LogP contribution in [-0.2, 0) is 0 Å². The van der Waals surface area contributed by atoms with Crippen molar-refractivity contribution in [2.75, 3.05) is 20.2 Å². The molecule has 0 aliphatic carbocycles. The number of methoxy groups -OCH3 is 1. The van der Waals surface area contributed by atoms with Crippen molar-refractivity contribution < 1.29 is 9.53 Å². The molecule has 2 N–H and O–H groups in total.